The highest BCUT2D eigenvalue weighted by Crippen LogP contribution is 2.21. The third kappa shape index (κ3) is 1.60. The summed E-state index contributed by atoms with van der Waals surface area (Å²) in [6.45, 7) is 3.37. The average molecular weight is 192 g/mol. The summed E-state index contributed by atoms with van der Waals surface area (Å²) >= 11 is 0. The smallest absolute Gasteiger partial charge is 0.126 e. The Morgan fingerprint density at radius 3 is 2.93 bits per heavy atom. The van der Waals surface area contributed by atoms with Gasteiger partial charge in [0, 0.05) is 13.7 Å². The molecular formula is C11H16N2O. The number of nitrogens with zero attached hydrogens (tertiary/aromatic N) is 2. The lowest BCUT2D eigenvalue weighted by atomic mass is 10.0. The van der Waals surface area contributed by atoms with Crippen molar-refractivity contribution in [2.75, 3.05) is 20.3 Å². The van der Waals surface area contributed by atoms with Crippen LogP contribution < -0.4 is 0 Å². The summed E-state index contributed by atoms with van der Waals surface area (Å²) in [6, 6.07) is 0.691. The van der Waals surface area contributed by atoms with Gasteiger partial charge in [0.1, 0.15) is 12.4 Å². The van der Waals surface area contributed by atoms with E-state index in [9.17, 15) is 0 Å². The van der Waals surface area contributed by atoms with Gasteiger partial charge in [-0.2, -0.15) is 0 Å². The van der Waals surface area contributed by atoms with Crippen LogP contribution in [-0.2, 0) is 4.74 Å². The van der Waals surface area contributed by atoms with Crippen molar-refractivity contribution in [2.45, 2.75) is 19.0 Å². The molecule has 0 amide bonds. The molecule has 0 spiro atoms. The molecule has 0 N–H and O–H groups in total. The second kappa shape index (κ2) is 3.96. The second-order valence-electron chi connectivity index (χ2n) is 3.54. The molecule has 76 valence electrons. The lowest BCUT2D eigenvalue weighted by molar-refractivity contribution is 0.180. The fraction of sp³-hybridized carbons (Fsp3) is 0.545. The van der Waals surface area contributed by atoms with Crippen molar-refractivity contribution in [1.29, 1.82) is 0 Å². The molecular weight excluding hydrogens is 176 g/mol. The molecule has 1 aliphatic heterocycles. The first kappa shape index (κ1) is 9.46. The fourth-order valence-corrected chi connectivity index (χ4v) is 1.83. The van der Waals surface area contributed by atoms with Crippen molar-refractivity contribution in [2.24, 2.45) is 4.99 Å². The molecule has 0 fully saturated rings. The molecule has 14 heavy (non-hydrogen) atoms. The molecule has 2 aliphatic rings. The summed E-state index contributed by atoms with van der Waals surface area (Å²) in [5, 5.41) is 0. The predicted molar refractivity (Wildman–Crippen MR) is 57.5 cm³/mol. The zero-order valence-electron chi connectivity index (χ0n) is 8.68. The molecule has 1 aliphatic carbocycles. The molecule has 2 unspecified atom stereocenters. The summed E-state index contributed by atoms with van der Waals surface area (Å²) in [5.41, 5.74) is 0. The zero-order valence-corrected chi connectivity index (χ0v) is 8.68. The average Bonchev–Trinajstić information content (AvgIpc) is 2.54. The maximum Gasteiger partial charge on any atom is 0.126 e. The summed E-state index contributed by atoms with van der Waals surface area (Å²) < 4.78 is 5.37. The highest BCUT2D eigenvalue weighted by atomic mass is 16.5. The molecule has 0 saturated carbocycles. The van der Waals surface area contributed by atoms with Crippen LogP contribution in [-0.4, -0.2) is 43.1 Å². The van der Waals surface area contributed by atoms with Gasteiger partial charge in [-0.25, -0.2) is 0 Å². The van der Waals surface area contributed by atoms with Crippen molar-refractivity contribution in [3.8, 4) is 0 Å². The van der Waals surface area contributed by atoms with E-state index in [4.69, 9.17) is 4.74 Å². The molecule has 2 rings (SSSR count). The normalized spacial score (nSPS) is 29.3. The van der Waals surface area contributed by atoms with E-state index in [2.05, 4.69) is 41.2 Å². The molecule has 3 heteroatoms. The summed E-state index contributed by atoms with van der Waals surface area (Å²) in [6.07, 6.45) is 8.46. The molecule has 0 aromatic heterocycles. The minimum atomic E-state index is 0.292. The van der Waals surface area contributed by atoms with Crippen molar-refractivity contribution in [3.05, 3.63) is 24.3 Å². The van der Waals surface area contributed by atoms with E-state index < -0.39 is 0 Å². The van der Waals surface area contributed by atoms with Crippen LogP contribution in [0.4, 0.5) is 0 Å². The van der Waals surface area contributed by atoms with E-state index in [1.54, 1.807) is 0 Å². The second-order valence-corrected chi connectivity index (χ2v) is 3.54. The standard InChI is InChI=1S/C11H16N2O/c1-3-14-8-11-12-9-6-4-5-7-10(9)13(11)2/h4-7,9-10H,3,8H2,1-2H3. The number of ether oxygens (including phenoxy) is 1. The van der Waals surface area contributed by atoms with Crippen LogP contribution in [0.15, 0.2) is 29.3 Å². The van der Waals surface area contributed by atoms with Gasteiger partial charge >= 0.3 is 0 Å². The highest BCUT2D eigenvalue weighted by Gasteiger charge is 2.30. The van der Waals surface area contributed by atoms with Gasteiger partial charge in [-0.3, -0.25) is 4.99 Å². The first-order chi connectivity index (χ1) is 6.83. The first-order valence-electron chi connectivity index (χ1n) is 5.05. The van der Waals surface area contributed by atoms with Gasteiger partial charge in [-0.1, -0.05) is 24.3 Å². The van der Waals surface area contributed by atoms with Crippen molar-refractivity contribution in [1.82, 2.24) is 4.90 Å². The zero-order chi connectivity index (χ0) is 9.97. The van der Waals surface area contributed by atoms with Gasteiger partial charge in [0.25, 0.3) is 0 Å². The van der Waals surface area contributed by atoms with Crippen LogP contribution in [0, 0.1) is 0 Å². The van der Waals surface area contributed by atoms with Crippen LogP contribution in [0.25, 0.3) is 0 Å². The molecule has 3 nitrogen and oxygen atoms in total. The van der Waals surface area contributed by atoms with Gasteiger partial charge in [0.05, 0.1) is 12.1 Å². The third-order valence-corrected chi connectivity index (χ3v) is 2.67. The Morgan fingerprint density at radius 1 is 1.43 bits per heavy atom. The van der Waals surface area contributed by atoms with Crippen molar-refractivity contribution >= 4 is 5.84 Å². The monoisotopic (exact) mass is 192 g/mol. The van der Waals surface area contributed by atoms with Crippen molar-refractivity contribution < 1.29 is 4.74 Å². The van der Waals surface area contributed by atoms with Crippen molar-refractivity contribution in [3.63, 3.8) is 0 Å². The number of rotatable bonds is 3. The molecule has 0 saturated heterocycles. The molecule has 0 aromatic rings. The van der Waals surface area contributed by atoms with E-state index in [0.29, 0.717) is 18.7 Å². The van der Waals surface area contributed by atoms with Crippen LogP contribution in [0.3, 0.4) is 0 Å². The SMILES string of the molecule is CCOCC1=NC2C=CC=CC2N1C. The summed E-state index contributed by atoms with van der Waals surface area (Å²) in [7, 11) is 2.08. The Balaban J connectivity index is 2.06. The Bertz CT molecular complexity index is 294. The Labute approximate surface area is 84.8 Å². The number of allylic oxidation sites excluding steroid dienone is 2. The lowest BCUT2D eigenvalue weighted by Gasteiger charge is -2.23. The largest absolute Gasteiger partial charge is 0.374 e. The van der Waals surface area contributed by atoms with E-state index in [1.807, 2.05) is 6.92 Å². The van der Waals surface area contributed by atoms with Gasteiger partial charge < -0.3 is 9.64 Å². The quantitative estimate of drug-likeness (QED) is 0.672. The van der Waals surface area contributed by atoms with Crippen LogP contribution in [0.1, 0.15) is 6.92 Å². The van der Waals surface area contributed by atoms with Crippen LogP contribution in [0.5, 0.6) is 0 Å². The van der Waals surface area contributed by atoms with Gasteiger partial charge in [-0.15, -0.1) is 0 Å². The Kier molecular flexibility index (Phi) is 2.68. The summed E-state index contributed by atoms with van der Waals surface area (Å²) in [5.74, 6) is 1.05. The minimum Gasteiger partial charge on any atom is -0.374 e. The Morgan fingerprint density at radius 2 is 2.21 bits per heavy atom. The predicted octanol–water partition coefficient (Wildman–Crippen LogP) is 1.23. The maximum atomic E-state index is 5.37. The molecule has 0 aromatic carbocycles. The Hall–Kier alpha value is -1.09. The molecule has 0 bridgehead atoms. The number of likely N-dealkylation sites (N-methyl/N-ethyl adjacent to an activating group) is 1. The molecule has 1 heterocycles. The van der Waals surface area contributed by atoms with E-state index in [0.717, 1.165) is 12.4 Å². The van der Waals surface area contributed by atoms with Gasteiger partial charge in [-0.05, 0) is 6.92 Å². The minimum absolute atomic E-state index is 0.292. The number of hydrogen-bond donors (Lipinski definition) is 0. The summed E-state index contributed by atoms with van der Waals surface area (Å²) in [4.78, 5) is 6.80. The third-order valence-electron chi connectivity index (χ3n) is 2.67. The van der Waals surface area contributed by atoms with Gasteiger partial charge in [0.2, 0.25) is 0 Å². The van der Waals surface area contributed by atoms with E-state index in [-0.39, 0.29) is 0 Å². The topological polar surface area (TPSA) is 24.8 Å². The lowest BCUT2D eigenvalue weighted by Crippen LogP contribution is -2.36. The van der Waals surface area contributed by atoms with E-state index >= 15 is 0 Å². The van der Waals surface area contributed by atoms with Crippen LogP contribution >= 0.6 is 0 Å². The van der Waals surface area contributed by atoms with Gasteiger partial charge in [0.15, 0.2) is 0 Å². The molecule has 0 radical (unpaired) electrons. The van der Waals surface area contributed by atoms with Crippen LogP contribution in [0.2, 0.25) is 0 Å². The fourth-order valence-electron chi connectivity index (χ4n) is 1.83. The number of aliphatic imine (C=N–C) groups is 1. The first-order valence-corrected chi connectivity index (χ1v) is 5.05. The number of fused-ring (bicyclic) bond motifs is 1. The van der Waals surface area contributed by atoms with E-state index in [1.165, 1.54) is 0 Å². The molecule has 2 atom stereocenters. The maximum absolute atomic E-state index is 5.37. The highest BCUT2D eigenvalue weighted by molar-refractivity contribution is 5.86. The number of hydrogen-bond acceptors (Lipinski definition) is 3. The number of amidine groups is 1.